The lowest BCUT2D eigenvalue weighted by Gasteiger charge is -2.02. The largest absolute Gasteiger partial charge is 0.450 e. The molecular weight excluding hydrogens is 134 g/mol. The zero-order valence-electron chi connectivity index (χ0n) is 6.09. The zero-order chi connectivity index (χ0) is 7.82. The van der Waals surface area contributed by atoms with E-state index in [0.29, 0.717) is 19.6 Å². The normalized spacial score (nSPS) is 9.00. The van der Waals surface area contributed by atoms with Crippen LogP contribution in [0.25, 0.3) is 0 Å². The Morgan fingerprint density at radius 1 is 1.70 bits per heavy atom. The Labute approximate surface area is 60.2 Å². The van der Waals surface area contributed by atoms with Crippen LogP contribution < -0.4 is 5.32 Å². The van der Waals surface area contributed by atoms with E-state index in [1.807, 2.05) is 0 Å². The SMILES string of the molecule is CCOC(=O)NCCCO. The summed E-state index contributed by atoms with van der Waals surface area (Å²) in [5.41, 5.74) is 0. The fourth-order valence-electron chi connectivity index (χ4n) is 0.452. The van der Waals surface area contributed by atoms with Crippen LogP contribution in [0.2, 0.25) is 0 Å². The fourth-order valence-corrected chi connectivity index (χ4v) is 0.452. The van der Waals surface area contributed by atoms with Crippen LogP contribution >= 0.6 is 0 Å². The number of rotatable bonds is 4. The molecule has 0 aliphatic rings. The third-order valence-electron chi connectivity index (χ3n) is 0.880. The number of aliphatic hydroxyl groups excluding tert-OH is 1. The van der Waals surface area contributed by atoms with Crippen LogP contribution in [0.15, 0.2) is 0 Å². The molecule has 1 amide bonds. The Morgan fingerprint density at radius 2 is 2.40 bits per heavy atom. The minimum Gasteiger partial charge on any atom is -0.450 e. The van der Waals surface area contributed by atoms with Crippen molar-refractivity contribution in [3.8, 4) is 0 Å². The van der Waals surface area contributed by atoms with Gasteiger partial charge in [0, 0.05) is 13.2 Å². The minimum atomic E-state index is -0.420. The number of carbonyl (C=O) groups is 1. The lowest BCUT2D eigenvalue weighted by atomic mass is 10.5. The van der Waals surface area contributed by atoms with Crippen LogP contribution in [0.3, 0.4) is 0 Å². The molecule has 2 N–H and O–H groups in total. The minimum absolute atomic E-state index is 0.0897. The highest BCUT2D eigenvalue weighted by Crippen LogP contribution is 1.77. The average Bonchev–Trinajstić information content (AvgIpc) is 1.89. The number of ether oxygens (including phenoxy) is 1. The molecular formula is C6H13NO3. The number of carbonyl (C=O) groups excluding carboxylic acids is 1. The van der Waals surface area contributed by atoms with Gasteiger partial charge in [-0.05, 0) is 13.3 Å². The van der Waals surface area contributed by atoms with Gasteiger partial charge in [-0.15, -0.1) is 0 Å². The first-order valence-electron chi connectivity index (χ1n) is 3.32. The lowest BCUT2D eigenvalue weighted by molar-refractivity contribution is 0.151. The molecule has 0 atom stereocenters. The van der Waals surface area contributed by atoms with Gasteiger partial charge in [-0.2, -0.15) is 0 Å². The second kappa shape index (κ2) is 6.35. The van der Waals surface area contributed by atoms with Crippen molar-refractivity contribution in [1.29, 1.82) is 0 Å². The number of amides is 1. The van der Waals surface area contributed by atoms with E-state index in [9.17, 15) is 4.79 Å². The molecule has 0 heterocycles. The van der Waals surface area contributed by atoms with Crippen molar-refractivity contribution in [3.05, 3.63) is 0 Å². The second-order valence-electron chi connectivity index (χ2n) is 1.72. The maximum atomic E-state index is 10.5. The van der Waals surface area contributed by atoms with Gasteiger partial charge in [-0.1, -0.05) is 0 Å². The highest BCUT2D eigenvalue weighted by atomic mass is 16.5. The van der Waals surface area contributed by atoms with E-state index in [-0.39, 0.29) is 6.61 Å². The second-order valence-corrected chi connectivity index (χ2v) is 1.72. The third kappa shape index (κ3) is 5.37. The van der Waals surface area contributed by atoms with E-state index in [2.05, 4.69) is 10.1 Å². The number of hydrogen-bond acceptors (Lipinski definition) is 3. The smallest absolute Gasteiger partial charge is 0.407 e. The number of hydrogen-bond donors (Lipinski definition) is 2. The number of alkyl carbamates (subject to hydrolysis) is 1. The average molecular weight is 147 g/mol. The van der Waals surface area contributed by atoms with E-state index in [1.165, 1.54) is 0 Å². The molecule has 10 heavy (non-hydrogen) atoms. The first kappa shape index (κ1) is 9.23. The highest BCUT2D eigenvalue weighted by Gasteiger charge is 1.96. The molecule has 0 aromatic rings. The first-order valence-corrected chi connectivity index (χ1v) is 3.32. The summed E-state index contributed by atoms with van der Waals surface area (Å²) < 4.78 is 4.56. The van der Waals surface area contributed by atoms with Crippen molar-refractivity contribution < 1.29 is 14.6 Å². The first-order chi connectivity index (χ1) is 4.81. The number of nitrogens with one attached hydrogen (secondary N) is 1. The molecule has 0 saturated carbocycles. The summed E-state index contributed by atoms with van der Waals surface area (Å²) in [6.07, 6.45) is 0.148. The molecule has 0 aliphatic heterocycles. The molecule has 0 rings (SSSR count). The topological polar surface area (TPSA) is 58.6 Å². The molecule has 0 aromatic carbocycles. The van der Waals surface area contributed by atoms with E-state index in [0.717, 1.165) is 0 Å². The van der Waals surface area contributed by atoms with Gasteiger partial charge in [0.2, 0.25) is 0 Å². The Morgan fingerprint density at radius 3 is 2.90 bits per heavy atom. The van der Waals surface area contributed by atoms with Crippen molar-refractivity contribution in [2.75, 3.05) is 19.8 Å². The fraction of sp³-hybridized carbons (Fsp3) is 0.833. The quantitative estimate of drug-likeness (QED) is 0.555. The summed E-state index contributed by atoms with van der Waals surface area (Å²) in [5, 5.41) is 10.8. The Balaban J connectivity index is 3.05. The van der Waals surface area contributed by atoms with Crippen molar-refractivity contribution in [1.82, 2.24) is 5.32 Å². The molecule has 0 spiro atoms. The van der Waals surface area contributed by atoms with Gasteiger partial charge >= 0.3 is 6.09 Å². The van der Waals surface area contributed by atoms with Crippen LogP contribution in [-0.2, 0) is 4.74 Å². The molecule has 4 heteroatoms. The monoisotopic (exact) mass is 147 g/mol. The predicted octanol–water partition coefficient (Wildman–Crippen LogP) is 0.115. The molecule has 60 valence electrons. The lowest BCUT2D eigenvalue weighted by Crippen LogP contribution is -2.25. The van der Waals surface area contributed by atoms with Crippen LogP contribution in [0.4, 0.5) is 4.79 Å². The third-order valence-corrected chi connectivity index (χ3v) is 0.880. The predicted molar refractivity (Wildman–Crippen MR) is 36.7 cm³/mol. The van der Waals surface area contributed by atoms with E-state index in [4.69, 9.17) is 5.11 Å². The maximum absolute atomic E-state index is 10.5. The van der Waals surface area contributed by atoms with Crippen molar-refractivity contribution >= 4 is 6.09 Å². The molecule has 0 aromatic heterocycles. The zero-order valence-corrected chi connectivity index (χ0v) is 6.09. The summed E-state index contributed by atoms with van der Waals surface area (Å²) in [7, 11) is 0. The highest BCUT2D eigenvalue weighted by molar-refractivity contribution is 5.66. The van der Waals surface area contributed by atoms with Gasteiger partial charge in [0.25, 0.3) is 0 Å². The van der Waals surface area contributed by atoms with Crippen LogP contribution in [-0.4, -0.2) is 31.0 Å². The molecule has 0 radical (unpaired) electrons. The standard InChI is InChI=1S/C6H13NO3/c1-2-10-6(9)7-4-3-5-8/h8H,2-5H2,1H3,(H,7,9). The van der Waals surface area contributed by atoms with Crippen LogP contribution in [0.1, 0.15) is 13.3 Å². The maximum Gasteiger partial charge on any atom is 0.407 e. The summed E-state index contributed by atoms with van der Waals surface area (Å²) in [4.78, 5) is 10.5. The van der Waals surface area contributed by atoms with Gasteiger partial charge in [0.1, 0.15) is 0 Å². The Kier molecular flexibility index (Phi) is 5.86. The van der Waals surface area contributed by atoms with Crippen molar-refractivity contribution in [2.45, 2.75) is 13.3 Å². The van der Waals surface area contributed by atoms with E-state index >= 15 is 0 Å². The van der Waals surface area contributed by atoms with Crippen molar-refractivity contribution in [3.63, 3.8) is 0 Å². The van der Waals surface area contributed by atoms with Gasteiger partial charge < -0.3 is 15.2 Å². The van der Waals surface area contributed by atoms with Crippen LogP contribution in [0.5, 0.6) is 0 Å². The van der Waals surface area contributed by atoms with Gasteiger partial charge in [-0.25, -0.2) is 4.79 Å². The van der Waals surface area contributed by atoms with Crippen molar-refractivity contribution in [2.24, 2.45) is 0 Å². The molecule has 0 bridgehead atoms. The van der Waals surface area contributed by atoms with Crippen LogP contribution in [0, 0.1) is 0 Å². The molecule has 0 fully saturated rings. The summed E-state index contributed by atoms with van der Waals surface area (Å²) >= 11 is 0. The van der Waals surface area contributed by atoms with Gasteiger partial charge in [0.15, 0.2) is 0 Å². The Bertz CT molecular complexity index is 95.0. The summed E-state index contributed by atoms with van der Waals surface area (Å²) in [6.45, 7) is 2.68. The number of aliphatic hydroxyl groups is 1. The molecule has 0 unspecified atom stereocenters. The van der Waals surface area contributed by atoms with Gasteiger partial charge in [0.05, 0.1) is 6.61 Å². The molecule has 0 saturated heterocycles. The van der Waals surface area contributed by atoms with E-state index in [1.54, 1.807) is 6.92 Å². The van der Waals surface area contributed by atoms with Gasteiger partial charge in [-0.3, -0.25) is 0 Å². The molecule has 0 aliphatic carbocycles. The molecule has 4 nitrogen and oxygen atoms in total. The van der Waals surface area contributed by atoms with E-state index < -0.39 is 6.09 Å². The summed E-state index contributed by atoms with van der Waals surface area (Å²) in [6, 6.07) is 0. The summed E-state index contributed by atoms with van der Waals surface area (Å²) in [5.74, 6) is 0. The Hall–Kier alpha value is -0.770.